The molecule has 0 aliphatic carbocycles. The lowest BCUT2D eigenvalue weighted by molar-refractivity contribution is -0.186. The number of halogens is 3. The van der Waals surface area contributed by atoms with E-state index in [1.807, 2.05) is 6.92 Å². The Balaban J connectivity index is 1.65. The van der Waals surface area contributed by atoms with Crippen molar-refractivity contribution in [1.82, 2.24) is 14.3 Å². The first kappa shape index (κ1) is 32.5. The van der Waals surface area contributed by atoms with E-state index in [9.17, 15) is 39.6 Å². The number of hydrogen-bond acceptors (Lipinski definition) is 7. The van der Waals surface area contributed by atoms with Crippen LogP contribution in [0.1, 0.15) is 42.9 Å². The summed E-state index contributed by atoms with van der Waals surface area (Å²) in [6, 6.07) is 8.97. The number of carbonyl (C=O) groups is 2. The molecule has 0 aromatic heterocycles. The predicted octanol–water partition coefficient (Wildman–Crippen LogP) is 2.80. The maximum atomic E-state index is 13.1. The molecule has 0 fully saturated rings. The van der Waals surface area contributed by atoms with Gasteiger partial charge in [0.1, 0.15) is 6.04 Å². The molecule has 2 aromatic carbocycles. The fourth-order valence-electron chi connectivity index (χ4n) is 4.26. The highest BCUT2D eigenvalue weighted by Gasteiger charge is 2.43. The van der Waals surface area contributed by atoms with Gasteiger partial charge in [-0.25, -0.2) is 21.6 Å². The first-order chi connectivity index (χ1) is 19.1. The fraction of sp³-hybridized carbons (Fsp3) is 0.462. The number of nitrogens with zero attached hydrogens (tertiary/aromatic N) is 1. The summed E-state index contributed by atoms with van der Waals surface area (Å²) >= 11 is 0. The lowest BCUT2D eigenvalue weighted by Gasteiger charge is -2.29. The van der Waals surface area contributed by atoms with Crippen LogP contribution in [0.4, 0.5) is 13.2 Å². The number of fused-ring (bicyclic) bond motifs is 1. The van der Waals surface area contributed by atoms with Gasteiger partial charge in [-0.2, -0.15) is 17.9 Å². The molecule has 1 atom stereocenters. The number of aryl methyl sites for hydroxylation is 1. The Morgan fingerprint density at radius 1 is 0.976 bits per heavy atom. The summed E-state index contributed by atoms with van der Waals surface area (Å²) in [7, 11) is -8.05. The van der Waals surface area contributed by atoms with Crippen molar-refractivity contribution in [2.45, 2.75) is 68.1 Å². The van der Waals surface area contributed by atoms with E-state index < -0.39 is 50.7 Å². The molecule has 0 spiro atoms. The number of carbonyl (C=O) groups excluding carboxylic acids is 2. The number of nitrogens with one attached hydrogen (secondary N) is 2. The van der Waals surface area contributed by atoms with Crippen molar-refractivity contribution in [3.63, 3.8) is 0 Å². The van der Waals surface area contributed by atoms with Gasteiger partial charge in [-0.05, 0) is 74.9 Å². The van der Waals surface area contributed by atoms with Crippen LogP contribution in [0.2, 0.25) is 0 Å². The van der Waals surface area contributed by atoms with Crippen LogP contribution in [-0.4, -0.2) is 65.5 Å². The van der Waals surface area contributed by atoms with E-state index in [1.54, 1.807) is 19.1 Å². The predicted molar refractivity (Wildman–Crippen MR) is 143 cm³/mol. The highest BCUT2D eigenvalue weighted by Crippen LogP contribution is 2.27. The minimum absolute atomic E-state index is 0.00310. The Morgan fingerprint density at radius 2 is 1.63 bits per heavy atom. The molecular weight excluding hydrogens is 587 g/mol. The van der Waals surface area contributed by atoms with Crippen LogP contribution in [0.25, 0.3) is 0 Å². The van der Waals surface area contributed by atoms with Crippen LogP contribution in [0, 0.1) is 6.92 Å². The molecule has 15 heteroatoms. The zero-order valence-corrected chi connectivity index (χ0v) is 24.2. The zero-order valence-electron chi connectivity index (χ0n) is 22.5. The van der Waals surface area contributed by atoms with Crippen LogP contribution in [0.3, 0.4) is 0 Å². The van der Waals surface area contributed by atoms with Crippen molar-refractivity contribution < 1.29 is 44.3 Å². The van der Waals surface area contributed by atoms with Crippen LogP contribution < -0.4 is 9.44 Å². The molecule has 0 radical (unpaired) electrons. The quantitative estimate of drug-likeness (QED) is 0.275. The van der Waals surface area contributed by atoms with Crippen molar-refractivity contribution in [2.75, 3.05) is 19.7 Å². The number of hydrogen-bond donors (Lipinski definition) is 2. The molecule has 41 heavy (non-hydrogen) atoms. The monoisotopic (exact) mass is 619 g/mol. The van der Waals surface area contributed by atoms with Gasteiger partial charge in [-0.3, -0.25) is 9.59 Å². The van der Waals surface area contributed by atoms with Gasteiger partial charge in [0, 0.05) is 19.6 Å². The Morgan fingerprint density at radius 3 is 2.27 bits per heavy atom. The van der Waals surface area contributed by atoms with Gasteiger partial charge in [0.05, 0.1) is 16.4 Å². The Labute approximate surface area is 237 Å². The number of sulfonamides is 2. The second kappa shape index (κ2) is 13.3. The molecule has 1 unspecified atom stereocenters. The smallest absolute Gasteiger partial charge is 0.465 e. The molecule has 2 aromatic rings. The van der Waals surface area contributed by atoms with E-state index in [1.165, 1.54) is 30.3 Å². The van der Waals surface area contributed by atoms with Crippen LogP contribution in [0.15, 0.2) is 52.3 Å². The van der Waals surface area contributed by atoms with Crippen LogP contribution in [0.5, 0.6) is 0 Å². The van der Waals surface area contributed by atoms with E-state index in [0.717, 1.165) is 5.56 Å². The van der Waals surface area contributed by atoms with Gasteiger partial charge in [0.25, 0.3) is 0 Å². The van der Waals surface area contributed by atoms with Gasteiger partial charge in [-0.15, -0.1) is 0 Å². The number of alkyl halides is 3. The minimum atomic E-state index is -5.05. The van der Waals surface area contributed by atoms with Crippen LogP contribution in [-0.2, 0) is 47.3 Å². The second-order valence-electron chi connectivity index (χ2n) is 9.54. The first-order valence-electron chi connectivity index (χ1n) is 12.9. The molecule has 10 nitrogen and oxygen atoms in total. The summed E-state index contributed by atoms with van der Waals surface area (Å²) in [5, 5.41) is 0. The third kappa shape index (κ3) is 8.74. The molecule has 1 aliphatic heterocycles. The normalized spacial score (nSPS) is 14.8. The number of amides is 1. The van der Waals surface area contributed by atoms with Crippen molar-refractivity contribution in [2.24, 2.45) is 0 Å². The van der Waals surface area contributed by atoms with Gasteiger partial charge < -0.3 is 9.64 Å². The second-order valence-corrected chi connectivity index (χ2v) is 13.0. The molecule has 0 saturated carbocycles. The van der Waals surface area contributed by atoms with Gasteiger partial charge >= 0.3 is 18.1 Å². The van der Waals surface area contributed by atoms with Crippen molar-refractivity contribution >= 4 is 31.9 Å². The van der Waals surface area contributed by atoms with E-state index in [4.69, 9.17) is 4.74 Å². The highest BCUT2D eigenvalue weighted by molar-refractivity contribution is 7.89. The fourth-order valence-corrected chi connectivity index (χ4v) is 6.60. The number of unbranched alkanes of at least 4 members (excludes halogenated alkanes) is 1. The summed E-state index contributed by atoms with van der Waals surface area (Å²) in [5.41, 5.74) is 1.78. The summed E-state index contributed by atoms with van der Waals surface area (Å²) in [4.78, 5) is 24.6. The third-order valence-corrected chi connectivity index (χ3v) is 9.39. The maximum Gasteiger partial charge on any atom is 0.471 e. The number of benzene rings is 2. The highest BCUT2D eigenvalue weighted by atomic mass is 32.2. The molecule has 0 saturated heterocycles. The summed E-state index contributed by atoms with van der Waals surface area (Å²) in [5.74, 6) is -2.82. The summed E-state index contributed by atoms with van der Waals surface area (Å²) < 4.78 is 99.6. The van der Waals surface area contributed by atoms with Gasteiger partial charge in [-0.1, -0.05) is 23.8 Å². The topological polar surface area (TPSA) is 139 Å². The number of ether oxygens (including phenoxy) is 1. The SMILES string of the molecule is CCOC(=O)C(CCCCNS(=O)(=O)c1ccc(C)cc1)NS(=O)(=O)c1ccc2c(c1)CN(C(=O)C(F)(F)F)CC2. The van der Waals surface area contributed by atoms with Crippen LogP contribution >= 0.6 is 0 Å². The molecule has 226 valence electrons. The number of esters is 1. The standard InChI is InChI=1S/C26H32F3N3O7S2/c1-3-39-24(33)23(6-4-5-14-30-40(35,36)21-10-7-18(2)8-11-21)31-41(37,38)22-12-9-19-13-15-32(17-20(19)16-22)25(34)26(27,28)29/h7-12,16,23,30-31H,3-6,13-15,17H2,1-2H3. The molecule has 3 rings (SSSR count). The largest absolute Gasteiger partial charge is 0.471 e. The molecule has 0 bridgehead atoms. The third-order valence-electron chi connectivity index (χ3n) is 6.44. The van der Waals surface area contributed by atoms with Gasteiger partial charge in [0.2, 0.25) is 20.0 Å². The van der Waals surface area contributed by atoms with E-state index in [0.29, 0.717) is 16.9 Å². The first-order valence-corrected chi connectivity index (χ1v) is 15.8. The number of rotatable bonds is 12. The summed E-state index contributed by atoms with van der Waals surface area (Å²) in [6.07, 6.45) is -4.35. The molecule has 2 N–H and O–H groups in total. The molecule has 1 amide bonds. The Bertz CT molecular complexity index is 1460. The van der Waals surface area contributed by atoms with Crippen molar-refractivity contribution in [3.8, 4) is 0 Å². The zero-order chi connectivity index (χ0) is 30.4. The average molecular weight is 620 g/mol. The van der Waals surface area contributed by atoms with Crippen molar-refractivity contribution in [3.05, 3.63) is 59.2 Å². The molecule has 1 aliphatic rings. The Hall–Kier alpha value is -3.01. The van der Waals surface area contributed by atoms with E-state index >= 15 is 0 Å². The molecule has 1 heterocycles. The maximum absolute atomic E-state index is 13.1. The summed E-state index contributed by atoms with van der Waals surface area (Å²) in [6.45, 7) is 2.88. The van der Waals surface area contributed by atoms with E-state index in [-0.39, 0.29) is 54.3 Å². The van der Waals surface area contributed by atoms with Crippen molar-refractivity contribution in [1.29, 1.82) is 0 Å². The lowest BCUT2D eigenvalue weighted by Crippen LogP contribution is -2.44. The van der Waals surface area contributed by atoms with E-state index in [2.05, 4.69) is 9.44 Å². The minimum Gasteiger partial charge on any atom is -0.465 e. The molecular formula is C26H32F3N3O7S2. The lowest BCUT2D eigenvalue weighted by atomic mass is 10.00. The van der Waals surface area contributed by atoms with Gasteiger partial charge in [0.15, 0.2) is 0 Å². The Kier molecular flexibility index (Phi) is 10.6. The average Bonchev–Trinajstić information content (AvgIpc) is 2.91.